The molecule has 9 aromatic rings. The smallest absolute Gasteiger partial charge is 0.389 e. The van der Waals surface area contributed by atoms with Gasteiger partial charge < -0.3 is 12.3 Å². The van der Waals surface area contributed by atoms with Crippen molar-refractivity contribution in [3.05, 3.63) is 280 Å². The molecule has 0 saturated heterocycles. The van der Waals surface area contributed by atoms with Crippen LogP contribution in [0.5, 0.6) is 0 Å². The van der Waals surface area contributed by atoms with E-state index in [1.165, 1.54) is 42.5 Å². The fourth-order valence-electron chi connectivity index (χ4n) is 10.3. The molecule has 7 heteroatoms. The number of unbranched alkanes of at least 4 members (excludes halogenated alkanes) is 7. The van der Waals surface area contributed by atoms with Crippen LogP contribution in [-0.2, 0) is 12.3 Å². The summed E-state index contributed by atoms with van der Waals surface area (Å²) in [6.45, 7) is 4.09. The standard InChI is InChI=1S/C64H65O3Si4/c1-2-3-4-5-6-7-8-36-55-68(56-37-18-9-19-38-56,57-39-20-10-21-40-57)65-70(61-47-28-14-29-48-61,62-49-30-15-31-50-62)67-71(63-51-32-16-33-52-63,64-53-34-17-35-54-64)66-69(58-41-22-11-23-42-58,59-43-24-12-25-44-59)60-45-26-13-27-46-60/h9-35,37-54H,1-8,36,55H2. The topological polar surface area (TPSA) is 27.7 Å². The highest BCUT2D eigenvalue weighted by Crippen LogP contribution is 2.30. The lowest BCUT2D eigenvalue weighted by atomic mass is 10.1. The second-order valence-corrected chi connectivity index (χ2v) is 32.0. The van der Waals surface area contributed by atoms with E-state index in [1.807, 2.05) is 0 Å². The molecule has 9 aromatic carbocycles. The van der Waals surface area contributed by atoms with E-state index in [4.69, 9.17) is 12.3 Å². The van der Waals surface area contributed by atoms with Crippen molar-refractivity contribution in [2.45, 2.75) is 57.4 Å². The van der Waals surface area contributed by atoms with Crippen LogP contribution in [0.2, 0.25) is 6.04 Å². The van der Waals surface area contributed by atoms with Crippen LogP contribution in [0.4, 0.5) is 0 Å². The highest BCUT2D eigenvalue weighted by atomic mass is 28.5. The predicted molar refractivity (Wildman–Crippen MR) is 308 cm³/mol. The van der Waals surface area contributed by atoms with Crippen molar-refractivity contribution in [2.75, 3.05) is 0 Å². The van der Waals surface area contributed by atoms with Gasteiger partial charge in [0.15, 0.2) is 0 Å². The van der Waals surface area contributed by atoms with Crippen molar-refractivity contribution in [3.8, 4) is 0 Å². The average molecular weight is 995 g/mol. The van der Waals surface area contributed by atoms with Gasteiger partial charge in [0.05, 0.1) is 0 Å². The first-order valence-electron chi connectivity index (χ1n) is 25.5. The molecule has 0 aliphatic rings. The second-order valence-electron chi connectivity index (χ2n) is 18.4. The van der Waals surface area contributed by atoms with Crippen LogP contribution in [0, 0.1) is 6.92 Å². The minimum Gasteiger partial charge on any atom is -0.422 e. The zero-order chi connectivity index (χ0) is 48.5. The molecule has 0 heterocycles. The molecule has 0 fully saturated rings. The maximum absolute atomic E-state index is 8.97. The zero-order valence-corrected chi connectivity index (χ0v) is 44.8. The van der Waals surface area contributed by atoms with Gasteiger partial charge in [-0.2, -0.15) is 0 Å². The minimum absolute atomic E-state index is 0.889. The van der Waals surface area contributed by atoms with E-state index in [1.54, 1.807) is 0 Å². The van der Waals surface area contributed by atoms with Crippen LogP contribution in [0.15, 0.2) is 273 Å². The monoisotopic (exact) mass is 993 g/mol. The maximum Gasteiger partial charge on any atom is 0.389 e. The van der Waals surface area contributed by atoms with Crippen molar-refractivity contribution in [2.24, 2.45) is 0 Å². The van der Waals surface area contributed by atoms with Crippen LogP contribution < -0.4 is 46.7 Å². The van der Waals surface area contributed by atoms with Crippen LogP contribution in [-0.4, -0.2) is 33.8 Å². The summed E-state index contributed by atoms with van der Waals surface area (Å²) in [6, 6.07) is 99.6. The van der Waals surface area contributed by atoms with Gasteiger partial charge in [-0.25, -0.2) is 0 Å². The molecule has 0 bridgehead atoms. The van der Waals surface area contributed by atoms with Gasteiger partial charge >= 0.3 is 17.1 Å². The fourth-order valence-corrected chi connectivity index (χ4v) is 32.5. The van der Waals surface area contributed by atoms with E-state index in [0.29, 0.717) is 0 Å². The molecule has 0 saturated carbocycles. The quantitative estimate of drug-likeness (QED) is 0.0343. The number of hydrogen-bond donors (Lipinski definition) is 0. The Balaban J connectivity index is 1.37. The van der Waals surface area contributed by atoms with Crippen molar-refractivity contribution in [1.29, 1.82) is 0 Å². The molecule has 3 nitrogen and oxygen atoms in total. The summed E-state index contributed by atoms with van der Waals surface area (Å²) in [4.78, 5) is 0. The van der Waals surface area contributed by atoms with E-state index in [2.05, 4.69) is 280 Å². The Bertz CT molecular complexity index is 2700. The van der Waals surface area contributed by atoms with Crippen LogP contribution in [0.25, 0.3) is 0 Å². The molecule has 355 valence electrons. The third-order valence-corrected chi connectivity index (χ3v) is 32.4. The molecule has 0 amide bonds. The van der Waals surface area contributed by atoms with Gasteiger partial charge in [0.1, 0.15) is 0 Å². The van der Waals surface area contributed by atoms with Crippen molar-refractivity contribution >= 4 is 80.4 Å². The van der Waals surface area contributed by atoms with E-state index < -0.39 is 33.8 Å². The highest BCUT2D eigenvalue weighted by molar-refractivity contribution is 7.16. The minimum atomic E-state index is -4.08. The maximum atomic E-state index is 8.97. The van der Waals surface area contributed by atoms with E-state index in [0.717, 1.165) is 61.6 Å². The lowest BCUT2D eigenvalue weighted by molar-refractivity contribution is 0.359. The number of benzene rings is 9. The molecule has 0 unspecified atom stereocenters. The number of hydrogen-bond acceptors (Lipinski definition) is 3. The summed E-state index contributed by atoms with van der Waals surface area (Å²) in [5.41, 5.74) is 0. The van der Waals surface area contributed by atoms with Crippen LogP contribution >= 0.6 is 0 Å². The zero-order valence-electron chi connectivity index (χ0n) is 40.8. The lowest BCUT2D eigenvalue weighted by Gasteiger charge is -2.49. The first-order valence-corrected chi connectivity index (χ1v) is 33.2. The summed E-state index contributed by atoms with van der Waals surface area (Å²) < 4.78 is 26.7. The normalized spacial score (nSPS) is 12.1. The number of rotatable bonds is 24. The molecular formula is C64H65O3Si4. The lowest BCUT2D eigenvalue weighted by Crippen LogP contribution is -2.83. The van der Waals surface area contributed by atoms with Gasteiger partial charge in [0, 0.05) is 0 Å². The summed E-state index contributed by atoms with van der Waals surface area (Å²) >= 11 is 0. The molecular weight excluding hydrogens is 929 g/mol. The van der Waals surface area contributed by atoms with Crippen molar-refractivity contribution in [1.82, 2.24) is 0 Å². The van der Waals surface area contributed by atoms with Gasteiger partial charge in [-0.3, -0.25) is 0 Å². The van der Waals surface area contributed by atoms with E-state index in [-0.39, 0.29) is 0 Å². The summed E-state index contributed by atoms with van der Waals surface area (Å²) in [6.07, 6.45) is 9.29. The molecule has 0 aliphatic carbocycles. The first-order chi connectivity index (χ1) is 35.1. The molecule has 0 spiro atoms. The molecule has 0 aromatic heterocycles. The Hall–Kier alpha value is -6.27. The SMILES string of the molecule is [CH2]CCCCCCCCC[Si](O[Si](O[Si](O[Si](c1ccccc1)(c1ccccc1)c1ccccc1)(c1ccccc1)c1ccccc1)(c1ccccc1)c1ccccc1)(c1ccccc1)c1ccccc1. The molecule has 71 heavy (non-hydrogen) atoms. The predicted octanol–water partition coefficient (Wildman–Crippen LogP) is 9.93. The largest absolute Gasteiger partial charge is 0.422 e. The highest BCUT2D eigenvalue weighted by Gasteiger charge is 2.61. The van der Waals surface area contributed by atoms with Gasteiger partial charge in [-0.15, -0.1) is 0 Å². The van der Waals surface area contributed by atoms with Gasteiger partial charge in [0.2, 0.25) is 8.32 Å². The molecule has 9 rings (SSSR count). The summed E-state index contributed by atoms with van der Waals surface area (Å²) in [7, 11) is -14.9. The Morgan fingerprint density at radius 2 is 0.479 bits per heavy atom. The summed E-state index contributed by atoms with van der Waals surface area (Å²) in [5.74, 6) is 0. The van der Waals surface area contributed by atoms with Crippen LogP contribution in [0.1, 0.15) is 51.4 Å². The molecule has 0 atom stereocenters. The van der Waals surface area contributed by atoms with Gasteiger partial charge in [-0.05, 0) is 52.7 Å². The Labute approximate surface area is 427 Å². The Morgan fingerprint density at radius 1 is 0.239 bits per heavy atom. The molecule has 1 radical (unpaired) electrons. The summed E-state index contributed by atoms with van der Waals surface area (Å²) in [5, 5.41) is 10.0. The Kier molecular flexibility index (Phi) is 17.0. The Morgan fingerprint density at radius 3 is 0.775 bits per heavy atom. The fraction of sp³-hybridized carbons (Fsp3) is 0.141. The first kappa shape index (κ1) is 49.7. The van der Waals surface area contributed by atoms with Gasteiger partial charge in [0.25, 0.3) is 8.32 Å². The second kappa shape index (κ2) is 24.2. The molecule has 0 aliphatic heterocycles. The average Bonchev–Trinajstić information content (AvgIpc) is 3.46. The molecule has 0 N–H and O–H groups in total. The van der Waals surface area contributed by atoms with Crippen LogP contribution in [0.3, 0.4) is 0 Å². The third-order valence-electron chi connectivity index (χ3n) is 13.8. The van der Waals surface area contributed by atoms with Crippen molar-refractivity contribution in [3.63, 3.8) is 0 Å². The van der Waals surface area contributed by atoms with Gasteiger partial charge in [-0.1, -0.05) is 331 Å². The van der Waals surface area contributed by atoms with Crippen molar-refractivity contribution < 1.29 is 12.3 Å². The van der Waals surface area contributed by atoms with E-state index in [9.17, 15) is 0 Å². The van der Waals surface area contributed by atoms with E-state index >= 15 is 0 Å². The third kappa shape index (κ3) is 11.0.